The smallest absolute Gasteiger partial charge is 0.338 e. The Balaban J connectivity index is 1.56. The van der Waals surface area contributed by atoms with Crippen LogP contribution in [0.2, 0.25) is 0 Å². The number of rotatable bonds is 3. The Morgan fingerprint density at radius 2 is 1.71 bits per heavy atom. The van der Waals surface area contributed by atoms with Crippen LogP contribution in [0.1, 0.15) is 52.0 Å². The van der Waals surface area contributed by atoms with Crippen molar-refractivity contribution < 1.29 is 9.59 Å². The van der Waals surface area contributed by atoms with Crippen LogP contribution in [0.15, 0.2) is 17.1 Å². The lowest BCUT2D eigenvalue weighted by Gasteiger charge is -2.37. The molecule has 0 spiro atoms. The van der Waals surface area contributed by atoms with Crippen LogP contribution in [-0.2, 0) is 4.79 Å². The minimum Gasteiger partial charge on any atom is -0.338 e. The lowest BCUT2D eigenvalue weighted by atomic mass is 9.95. The van der Waals surface area contributed by atoms with Crippen LogP contribution in [0.5, 0.6) is 0 Å². The van der Waals surface area contributed by atoms with Crippen LogP contribution in [0.25, 0.3) is 0 Å². The Morgan fingerprint density at radius 1 is 1.11 bits per heavy atom. The zero-order valence-corrected chi connectivity index (χ0v) is 16.7. The highest BCUT2D eigenvalue weighted by Crippen LogP contribution is 2.26. The van der Waals surface area contributed by atoms with Crippen molar-refractivity contribution in [3.05, 3.63) is 22.7 Å². The molecule has 1 saturated carbocycles. The van der Waals surface area contributed by atoms with Crippen molar-refractivity contribution in [2.75, 3.05) is 31.5 Å². The molecule has 2 fully saturated rings. The van der Waals surface area contributed by atoms with Crippen LogP contribution < -0.4 is 16.7 Å². The van der Waals surface area contributed by atoms with Gasteiger partial charge in [0.2, 0.25) is 5.91 Å². The van der Waals surface area contributed by atoms with Crippen molar-refractivity contribution in [2.24, 2.45) is 5.73 Å². The maximum atomic E-state index is 12.5. The van der Waals surface area contributed by atoms with Gasteiger partial charge in [0.1, 0.15) is 5.82 Å². The molecule has 1 aromatic heterocycles. The molecule has 0 radical (unpaired) electrons. The van der Waals surface area contributed by atoms with E-state index in [2.05, 4.69) is 10.3 Å². The molecule has 2 aliphatic rings. The number of carbonyl (C=O) groups is 2. The molecular weight excluding hydrogens is 360 g/mol. The first-order valence-corrected chi connectivity index (χ1v) is 9.99. The molecule has 1 aliphatic heterocycles. The van der Waals surface area contributed by atoms with E-state index in [0.29, 0.717) is 26.2 Å². The maximum Gasteiger partial charge on any atom is 0.349 e. The monoisotopic (exact) mass is 390 g/mol. The van der Waals surface area contributed by atoms with Gasteiger partial charge >= 0.3 is 11.7 Å². The average Bonchev–Trinajstić information content (AvgIpc) is 2.67. The highest BCUT2D eigenvalue weighted by Gasteiger charge is 2.31. The molecule has 0 unspecified atom stereocenters. The number of amides is 3. The minimum atomic E-state index is -0.920. The van der Waals surface area contributed by atoms with Crippen molar-refractivity contribution in [2.45, 2.75) is 57.5 Å². The third-order valence-electron chi connectivity index (χ3n) is 5.44. The number of urea groups is 1. The van der Waals surface area contributed by atoms with E-state index < -0.39 is 5.54 Å². The quantitative estimate of drug-likeness (QED) is 0.804. The second-order valence-corrected chi connectivity index (χ2v) is 8.23. The lowest BCUT2D eigenvalue weighted by Crippen LogP contribution is -2.58. The first kappa shape index (κ1) is 20.3. The summed E-state index contributed by atoms with van der Waals surface area (Å²) in [7, 11) is 0. The second-order valence-electron chi connectivity index (χ2n) is 8.23. The molecule has 1 aromatic rings. The first-order valence-electron chi connectivity index (χ1n) is 9.99. The van der Waals surface area contributed by atoms with Gasteiger partial charge in [0, 0.05) is 38.4 Å². The summed E-state index contributed by atoms with van der Waals surface area (Å²) in [6.45, 7) is 5.04. The van der Waals surface area contributed by atoms with Gasteiger partial charge in [-0.25, -0.2) is 9.59 Å². The van der Waals surface area contributed by atoms with E-state index in [-0.39, 0.29) is 29.5 Å². The molecule has 9 nitrogen and oxygen atoms in total. The van der Waals surface area contributed by atoms with Gasteiger partial charge in [-0.1, -0.05) is 19.3 Å². The number of anilines is 1. The highest BCUT2D eigenvalue weighted by molar-refractivity contribution is 5.89. The molecule has 3 rings (SSSR count). The zero-order valence-electron chi connectivity index (χ0n) is 16.7. The molecule has 2 heterocycles. The summed E-state index contributed by atoms with van der Waals surface area (Å²) in [6, 6.07) is 1.56. The highest BCUT2D eigenvalue weighted by atomic mass is 16.2. The molecule has 1 saturated heterocycles. The van der Waals surface area contributed by atoms with Crippen molar-refractivity contribution in [3.63, 3.8) is 0 Å². The maximum absolute atomic E-state index is 12.5. The predicted octanol–water partition coefficient (Wildman–Crippen LogP) is 1.16. The van der Waals surface area contributed by atoms with E-state index in [1.807, 2.05) is 0 Å². The largest absolute Gasteiger partial charge is 0.349 e. The first-order chi connectivity index (χ1) is 13.3. The third-order valence-corrected chi connectivity index (χ3v) is 5.44. The van der Waals surface area contributed by atoms with Gasteiger partial charge < -0.3 is 15.5 Å². The van der Waals surface area contributed by atoms with Crippen LogP contribution >= 0.6 is 0 Å². The van der Waals surface area contributed by atoms with Gasteiger partial charge in [-0.15, -0.1) is 0 Å². The second kappa shape index (κ2) is 8.30. The average molecular weight is 390 g/mol. The number of carbonyl (C=O) groups excluding carboxylic acids is 2. The van der Waals surface area contributed by atoms with Crippen LogP contribution in [0.3, 0.4) is 0 Å². The molecule has 3 amide bonds. The molecule has 154 valence electrons. The van der Waals surface area contributed by atoms with Gasteiger partial charge in [-0.2, -0.15) is 4.98 Å². The van der Waals surface area contributed by atoms with Gasteiger partial charge in [0.25, 0.3) is 0 Å². The van der Waals surface area contributed by atoms with Crippen molar-refractivity contribution in [3.8, 4) is 0 Å². The fourth-order valence-electron chi connectivity index (χ4n) is 3.83. The van der Waals surface area contributed by atoms with Gasteiger partial charge in [0.15, 0.2) is 0 Å². The zero-order chi connectivity index (χ0) is 20.3. The van der Waals surface area contributed by atoms with Crippen molar-refractivity contribution >= 4 is 17.8 Å². The summed E-state index contributed by atoms with van der Waals surface area (Å²) < 4.78 is 1.67. The van der Waals surface area contributed by atoms with Gasteiger partial charge in [0.05, 0.1) is 5.54 Å². The summed E-state index contributed by atoms with van der Waals surface area (Å²) >= 11 is 0. The molecule has 28 heavy (non-hydrogen) atoms. The SMILES string of the molecule is CC(C)(N)C(=O)N1CCN(C(=O)Nc2ccn(C3CCCCC3)c(=O)n2)CC1. The van der Waals surface area contributed by atoms with E-state index in [9.17, 15) is 14.4 Å². The Morgan fingerprint density at radius 3 is 2.29 bits per heavy atom. The van der Waals surface area contributed by atoms with Gasteiger partial charge in [-0.3, -0.25) is 14.7 Å². The molecule has 0 aromatic carbocycles. The molecular formula is C19H30N6O3. The normalized spacial score (nSPS) is 18.8. The van der Waals surface area contributed by atoms with E-state index in [0.717, 1.165) is 25.7 Å². The van der Waals surface area contributed by atoms with E-state index in [4.69, 9.17) is 5.73 Å². The summed E-state index contributed by atoms with van der Waals surface area (Å²) in [5.41, 5.74) is 4.61. The number of hydrogen-bond acceptors (Lipinski definition) is 5. The summed E-state index contributed by atoms with van der Waals surface area (Å²) in [6.07, 6.45) is 7.19. The minimum absolute atomic E-state index is 0.124. The third kappa shape index (κ3) is 4.70. The van der Waals surface area contributed by atoms with Crippen LogP contribution in [0.4, 0.5) is 10.6 Å². The van der Waals surface area contributed by atoms with Gasteiger partial charge in [-0.05, 0) is 32.8 Å². The molecule has 3 N–H and O–H groups in total. The van der Waals surface area contributed by atoms with Crippen molar-refractivity contribution in [1.82, 2.24) is 19.4 Å². The van der Waals surface area contributed by atoms with E-state index >= 15 is 0 Å². The lowest BCUT2D eigenvalue weighted by molar-refractivity contribution is -0.137. The van der Waals surface area contributed by atoms with E-state index in [1.165, 1.54) is 6.42 Å². The molecule has 0 atom stereocenters. The Kier molecular flexibility index (Phi) is 6.02. The number of piperazine rings is 1. The molecule has 9 heteroatoms. The number of nitrogens with one attached hydrogen (secondary N) is 1. The summed E-state index contributed by atoms with van der Waals surface area (Å²) in [5.74, 6) is 0.129. The predicted molar refractivity (Wildman–Crippen MR) is 106 cm³/mol. The van der Waals surface area contributed by atoms with Crippen molar-refractivity contribution in [1.29, 1.82) is 0 Å². The van der Waals surface area contributed by atoms with Crippen LogP contribution in [-0.4, -0.2) is 63.0 Å². The topological polar surface area (TPSA) is 114 Å². The number of hydrogen-bond donors (Lipinski definition) is 2. The fraction of sp³-hybridized carbons (Fsp3) is 0.684. The Bertz CT molecular complexity index is 771. The standard InChI is InChI=1S/C19H30N6O3/c1-19(2,20)16(26)23-10-12-24(13-11-23)17(27)21-15-8-9-25(18(28)22-15)14-6-4-3-5-7-14/h8-9,14H,3-7,10-13,20H2,1-2H3,(H,21,22,27,28). The summed E-state index contributed by atoms with van der Waals surface area (Å²) in [4.78, 5) is 44.4. The Hall–Kier alpha value is -2.42. The van der Waals surface area contributed by atoms with E-state index in [1.54, 1.807) is 40.5 Å². The Labute approximate surface area is 164 Å². The molecule has 0 bridgehead atoms. The number of nitrogens with two attached hydrogens (primary N) is 1. The number of nitrogens with zero attached hydrogens (tertiary/aromatic N) is 4. The number of aromatic nitrogens is 2. The fourth-order valence-corrected chi connectivity index (χ4v) is 3.83. The summed E-state index contributed by atoms with van der Waals surface area (Å²) in [5, 5.41) is 2.69. The molecule has 1 aliphatic carbocycles. The van der Waals surface area contributed by atoms with Crippen LogP contribution in [0, 0.1) is 0 Å².